The summed E-state index contributed by atoms with van der Waals surface area (Å²) in [4.78, 5) is 11.9. The second kappa shape index (κ2) is 5.29. The van der Waals surface area contributed by atoms with Gasteiger partial charge < -0.3 is 11.1 Å². The summed E-state index contributed by atoms with van der Waals surface area (Å²) in [6.45, 7) is 0. The van der Waals surface area contributed by atoms with Gasteiger partial charge in [-0.3, -0.25) is 4.79 Å². The second-order valence-electron chi connectivity index (χ2n) is 3.71. The summed E-state index contributed by atoms with van der Waals surface area (Å²) in [7, 11) is 0. The van der Waals surface area contributed by atoms with Crippen molar-refractivity contribution in [3.05, 3.63) is 58.1 Å². The van der Waals surface area contributed by atoms with Gasteiger partial charge in [0, 0.05) is 16.9 Å². The number of rotatable bonds is 2. The lowest BCUT2D eigenvalue weighted by atomic mass is 10.2. The molecule has 0 unspecified atom stereocenters. The van der Waals surface area contributed by atoms with E-state index in [4.69, 9.17) is 28.9 Å². The Bertz CT molecular complexity index is 582. The van der Waals surface area contributed by atoms with Crippen molar-refractivity contribution in [1.29, 1.82) is 0 Å². The topological polar surface area (TPSA) is 55.1 Å². The van der Waals surface area contributed by atoms with Crippen molar-refractivity contribution < 1.29 is 4.79 Å². The van der Waals surface area contributed by atoms with Crippen LogP contribution in [0.2, 0.25) is 10.0 Å². The Balaban J connectivity index is 2.16. The predicted octanol–water partition coefficient (Wildman–Crippen LogP) is 3.83. The number of nitrogen functional groups attached to an aromatic ring is 1. The van der Waals surface area contributed by atoms with Crippen molar-refractivity contribution >= 4 is 40.5 Å². The van der Waals surface area contributed by atoms with Gasteiger partial charge in [-0.05, 0) is 42.5 Å². The summed E-state index contributed by atoms with van der Waals surface area (Å²) >= 11 is 11.6. The Kier molecular flexibility index (Phi) is 3.75. The summed E-state index contributed by atoms with van der Waals surface area (Å²) in [5, 5.41) is 3.50. The van der Waals surface area contributed by atoms with Crippen molar-refractivity contribution in [3.8, 4) is 0 Å². The SMILES string of the molecule is Nc1ccc(NC(=O)c2ccc(Cl)c(Cl)c2)cc1. The Hall–Kier alpha value is -1.71. The first-order valence-corrected chi connectivity index (χ1v) is 5.94. The molecule has 0 saturated carbocycles. The molecule has 2 aromatic rings. The van der Waals surface area contributed by atoms with Crippen LogP contribution in [0.15, 0.2) is 42.5 Å². The van der Waals surface area contributed by atoms with E-state index in [1.165, 1.54) is 6.07 Å². The molecule has 0 aliphatic carbocycles. The largest absolute Gasteiger partial charge is 0.399 e. The molecule has 0 aliphatic rings. The van der Waals surface area contributed by atoms with E-state index in [9.17, 15) is 4.79 Å². The van der Waals surface area contributed by atoms with Crippen molar-refractivity contribution in [2.24, 2.45) is 0 Å². The number of carbonyl (C=O) groups excluding carboxylic acids is 1. The van der Waals surface area contributed by atoms with Crippen molar-refractivity contribution in [1.82, 2.24) is 0 Å². The zero-order valence-corrected chi connectivity index (χ0v) is 10.8. The highest BCUT2D eigenvalue weighted by Crippen LogP contribution is 2.23. The quantitative estimate of drug-likeness (QED) is 0.822. The fourth-order valence-corrected chi connectivity index (χ4v) is 1.71. The molecule has 0 fully saturated rings. The number of nitrogens with two attached hydrogens (primary N) is 1. The molecule has 0 atom stereocenters. The minimum atomic E-state index is -0.252. The minimum absolute atomic E-state index is 0.252. The van der Waals surface area contributed by atoms with Gasteiger partial charge in [-0.15, -0.1) is 0 Å². The van der Waals surface area contributed by atoms with E-state index >= 15 is 0 Å². The fraction of sp³-hybridized carbons (Fsp3) is 0. The average molecular weight is 281 g/mol. The molecule has 0 saturated heterocycles. The Morgan fingerprint density at radius 1 is 1.00 bits per heavy atom. The lowest BCUT2D eigenvalue weighted by Crippen LogP contribution is -2.11. The molecular weight excluding hydrogens is 271 g/mol. The summed E-state index contributed by atoms with van der Waals surface area (Å²) in [6.07, 6.45) is 0. The Morgan fingerprint density at radius 2 is 1.67 bits per heavy atom. The lowest BCUT2D eigenvalue weighted by Gasteiger charge is -2.06. The van der Waals surface area contributed by atoms with Gasteiger partial charge >= 0.3 is 0 Å². The molecule has 0 aromatic heterocycles. The van der Waals surface area contributed by atoms with E-state index in [0.717, 1.165) is 0 Å². The summed E-state index contributed by atoms with van der Waals surface area (Å²) in [5.41, 5.74) is 7.31. The number of hydrogen-bond acceptors (Lipinski definition) is 2. The van der Waals surface area contributed by atoms with Crippen LogP contribution in [-0.4, -0.2) is 5.91 Å². The maximum atomic E-state index is 11.9. The summed E-state index contributed by atoms with van der Waals surface area (Å²) in [5.74, 6) is -0.252. The first kappa shape index (κ1) is 12.7. The zero-order valence-electron chi connectivity index (χ0n) is 9.28. The van der Waals surface area contributed by atoms with Gasteiger partial charge in [0.25, 0.3) is 5.91 Å². The number of carbonyl (C=O) groups is 1. The number of benzene rings is 2. The van der Waals surface area contributed by atoms with Crippen LogP contribution < -0.4 is 11.1 Å². The van der Waals surface area contributed by atoms with Gasteiger partial charge in [-0.2, -0.15) is 0 Å². The van der Waals surface area contributed by atoms with Gasteiger partial charge in [-0.25, -0.2) is 0 Å². The predicted molar refractivity (Wildman–Crippen MR) is 75.3 cm³/mol. The smallest absolute Gasteiger partial charge is 0.255 e. The van der Waals surface area contributed by atoms with Crippen LogP contribution in [0.3, 0.4) is 0 Å². The second-order valence-corrected chi connectivity index (χ2v) is 4.52. The van der Waals surface area contributed by atoms with Gasteiger partial charge in [0.15, 0.2) is 0 Å². The molecule has 1 amide bonds. The lowest BCUT2D eigenvalue weighted by molar-refractivity contribution is 0.102. The molecule has 2 rings (SSSR count). The zero-order chi connectivity index (χ0) is 13.1. The number of amides is 1. The molecule has 92 valence electrons. The molecule has 2 aromatic carbocycles. The molecule has 3 N–H and O–H groups in total. The highest BCUT2D eigenvalue weighted by molar-refractivity contribution is 6.42. The normalized spacial score (nSPS) is 10.1. The highest BCUT2D eigenvalue weighted by Gasteiger charge is 2.08. The third-order valence-corrected chi connectivity index (χ3v) is 3.09. The van der Waals surface area contributed by atoms with Crippen molar-refractivity contribution in [2.45, 2.75) is 0 Å². The van der Waals surface area contributed by atoms with Crippen molar-refractivity contribution in [3.63, 3.8) is 0 Å². The first-order chi connectivity index (χ1) is 8.56. The molecule has 0 bridgehead atoms. The molecule has 0 heterocycles. The maximum Gasteiger partial charge on any atom is 0.255 e. The summed E-state index contributed by atoms with van der Waals surface area (Å²) in [6, 6.07) is 11.6. The maximum absolute atomic E-state index is 11.9. The van der Waals surface area contributed by atoms with E-state index in [2.05, 4.69) is 5.32 Å². The molecular formula is C13H10Cl2N2O. The standard InChI is InChI=1S/C13H10Cl2N2O/c14-11-6-1-8(7-12(11)15)13(18)17-10-4-2-9(16)3-5-10/h1-7H,16H2,(H,17,18). The number of anilines is 2. The Labute approximate surface area is 115 Å². The molecule has 0 spiro atoms. The molecule has 5 heteroatoms. The third kappa shape index (κ3) is 2.94. The van der Waals surface area contributed by atoms with Crippen molar-refractivity contribution in [2.75, 3.05) is 11.1 Å². The number of hydrogen-bond donors (Lipinski definition) is 2. The molecule has 18 heavy (non-hydrogen) atoms. The van der Waals surface area contributed by atoms with Gasteiger partial charge in [0.1, 0.15) is 0 Å². The highest BCUT2D eigenvalue weighted by atomic mass is 35.5. The van der Waals surface area contributed by atoms with Crippen LogP contribution >= 0.6 is 23.2 Å². The fourth-order valence-electron chi connectivity index (χ4n) is 1.41. The van der Waals surface area contributed by atoms with Crippen LogP contribution in [0.5, 0.6) is 0 Å². The average Bonchev–Trinajstić information content (AvgIpc) is 2.35. The van der Waals surface area contributed by atoms with Crippen LogP contribution in [-0.2, 0) is 0 Å². The summed E-state index contributed by atoms with van der Waals surface area (Å²) < 4.78 is 0. The third-order valence-electron chi connectivity index (χ3n) is 2.35. The molecule has 0 radical (unpaired) electrons. The van der Waals surface area contributed by atoms with E-state index in [1.807, 2.05) is 0 Å². The van der Waals surface area contributed by atoms with E-state index in [0.29, 0.717) is 27.0 Å². The van der Waals surface area contributed by atoms with Crippen LogP contribution in [0.25, 0.3) is 0 Å². The van der Waals surface area contributed by atoms with E-state index in [1.54, 1.807) is 36.4 Å². The van der Waals surface area contributed by atoms with Crippen LogP contribution in [0, 0.1) is 0 Å². The number of nitrogens with one attached hydrogen (secondary N) is 1. The molecule has 3 nitrogen and oxygen atoms in total. The van der Waals surface area contributed by atoms with E-state index < -0.39 is 0 Å². The van der Waals surface area contributed by atoms with Gasteiger partial charge in [0.2, 0.25) is 0 Å². The van der Waals surface area contributed by atoms with E-state index in [-0.39, 0.29) is 5.91 Å². The molecule has 0 aliphatic heterocycles. The van der Waals surface area contributed by atoms with Gasteiger partial charge in [0.05, 0.1) is 10.0 Å². The minimum Gasteiger partial charge on any atom is -0.399 e. The monoisotopic (exact) mass is 280 g/mol. The number of halogens is 2. The van der Waals surface area contributed by atoms with Gasteiger partial charge in [-0.1, -0.05) is 23.2 Å². The van der Waals surface area contributed by atoms with Crippen LogP contribution in [0.1, 0.15) is 10.4 Å². The van der Waals surface area contributed by atoms with Crippen LogP contribution in [0.4, 0.5) is 11.4 Å². The Morgan fingerprint density at radius 3 is 2.28 bits per heavy atom. The first-order valence-electron chi connectivity index (χ1n) is 5.18.